The maximum Gasteiger partial charge on any atom is 0.0471 e. The fraction of sp³-hybridized carbons (Fsp3) is 1.00. The highest BCUT2D eigenvalue weighted by Gasteiger charge is 2.35. The minimum Gasteiger partial charge on any atom is -0.381 e. The third-order valence-electron chi connectivity index (χ3n) is 5.93. The Morgan fingerprint density at radius 2 is 1.90 bits per heavy atom. The van der Waals surface area contributed by atoms with Crippen molar-refractivity contribution < 1.29 is 4.74 Å². The molecule has 3 fully saturated rings. The molecule has 3 nitrogen and oxygen atoms in total. The highest BCUT2D eigenvalue weighted by Crippen LogP contribution is 2.33. The van der Waals surface area contributed by atoms with Gasteiger partial charge >= 0.3 is 0 Å². The molecule has 0 aromatic rings. The highest BCUT2D eigenvalue weighted by molar-refractivity contribution is 4.93. The lowest BCUT2D eigenvalue weighted by Crippen LogP contribution is -2.50. The summed E-state index contributed by atoms with van der Waals surface area (Å²) in [6.07, 6.45) is 10.9. The molecule has 1 aliphatic carbocycles. The lowest BCUT2D eigenvalue weighted by atomic mass is 9.77. The Bertz CT molecular complexity index is 295. The van der Waals surface area contributed by atoms with Crippen molar-refractivity contribution >= 4 is 0 Å². The fourth-order valence-electron chi connectivity index (χ4n) is 4.39. The van der Waals surface area contributed by atoms with E-state index in [1.165, 1.54) is 64.5 Å². The van der Waals surface area contributed by atoms with Crippen LogP contribution in [0.5, 0.6) is 0 Å². The maximum atomic E-state index is 5.52. The number of hydrogen-bond donors (Lipinski definition) is 2. The number of nitrogens with one attached hydrogen (secondary N) is 2. The van der Waals surface area contributed by atoms with Crippen molar-refractivity contribution in [2.75, 3.05) is 26.3 Å². The summed E-state index contributed by atoms with van der Waals surface area (Å²) in [5.74, 6) is 0.870. The van der Waals surface area contributed by atoms with Gasteiger partial charge in [0.1, 0.15) is 0 Å². The van der Waals surface area contributed by atoms with Gasteiger partial charge in [0.05, 0.1) is 0 Å². The molecule has 3 heteroatoms. The zero-order valence-electron chi connectivity index (χ0n) is 13.1. The van der Waals surface area contributed by atoms with E-state index in [1.54, 1.807) is 0 Å². The molecule has 3 atom stereocenters. The first-order valence-corrected chi connectivity index (χ1v) is 8.81. The second kappa shape index (κ2) is 6.76. The predicted octanol–water partition coefficient (Wildman–Crippen LogP) is 2.70. The van der Waals surface area contributed by atoms with Crippen molar-refractivity contribution in [3.8, 4) is 0 Å². The third-order valence-corrected chi connectivity index (χ3v) is 5.93. The number of ether oxygens (including phenoxy) is 1. The Hall–Kier alpha value is -0.120. The van der Waals surface area contributed by atoms with Gasteiger partial charge in [0.2, 0.25) is 0 Å². The minimum absolute atomic E-state index is 0.462. The molecule has 116 valence electrons. The van der Waals surface area contributed by atoms with Crippen LogP contribution in [0.4, 0.5) is 0 Å². The molecule has 2 aliphatic heterocycles. The fourth-order valence-corrected chi connectivity index (χ4v) is 4.39. The summed E-state index contributed by atoms with van der Waals surface area (Å²) in [7, 11) is 0. The quantitative estimate of drug-likeness (QED) is 0.831. The summed E-state index contributed by atoms with van der Waals surface area (Å²) in [6.45, 7) is 6.77. The van der Waals surface area contributed by atoms with Crippen LogP contribution >= 0.6 is 0 Å². The van der Waals surface area contributed by atoms with Gasteiger partial charge < -0.3 is 15.4 Å². The van der Waals surface area contributed by atoms with Crippen molar-refractivity contribution in [2.45, 2.75) is 70.4 Å². The van der Waals surface area contributed by atoms with Crippen LogP contribution in [-0.2, 0) is 4.74 Å². The number of hydrogen-bond acceptors (Lipinski definition) is 3. The lowest BCUT2D eigenvalue weighted by molar-refractivity contribution is 0.0205. The summed E-state index contributed by atoms with van der Waals surface area (Å²) in [6, 6.07) is 1.54. The number of rotatable bonds is 4. The molecular formula is C17H32N2O. The molecule has 2 N–H and O–H groups in total. The molecule has 1 saturated carbocycles. The second-order valence-electron chi connectivity index (χ2n) is 7.56. The van der Waals surface area contributed by atoms with Gasteiger partial charge in [0.25, 0.3) is 0 Å². The van der Waals surface area contributed by atoms with Gasteiger partial charge in [-0.1, -0.05) is 19.8 Å². The molecule has 3 aliphatic rings. The lowest BCUT2D eigenvalue weighted by Gasteiger charge is -2.40. The summed E-state index contributed by atoms with van der Waals surface area (Å²) in [4.78, 5) is 0. The van der Waals surface area contributed by atoms with E-state index in [2.05, 4.69) is 17.6 Å². The van der Waals surface area contributed by atoms with Gasteiger partial charge in [-0.3, -0.25) is 0 Å². The summed E-state index contributed by atoms with van der Waals surface area (Å²) in [5.41, 5.74) is 0.462. The van der Waals surface area contributed by atoms with Crippen molar-refractivity contribution in [1.29, 1.82) is 0 Å². The van der Waals surface area contributed by atoms with Gasteiger partial charge in [0, 0.05) is 31.8 Å². The Morgan fingerprint density at radius 1 is 1.10 bits per heavy atom. The van der Waals surface area contributed by atoms with Gasteiger partial charge in [-0.15, -0.1) is 0 Å². The van der Waals surface area contributed by atoms with Crippen molar-refractivity contribution in [3.05, 3.63) is 0 Å². The molecule has 0 radical (unpaired) electrons. The molecule has 0 aromatic carbocycles. The Balaban J connectivity index is 1.53. The maximum absolute atomic E-state index is 5.52. The molecule has 0 amide bonds. The largest absolute Gasteiger partial charge is 0.381 e. The molecule has 3 rings (SSSR count). The molecule has 2 saturated heterocycles. The van der Waals surface area contributed by atoms with Crippen LogP contribution in [0, 0.1) is 11.3 Å². The van der Waals surface area contributed by atoms with E-state index in [0.29, 0.717) is 5.41 Å². The van der Waals surface area contributed by atoms with E-state index < -0.39 is 0 Å². The average molecular weight is 280 g/mol. The van der Waals surface area contributed by atoms with Crippen LogP contribution in [0.2, 0.25) is 0 Å². The monoisotopic (exact) mass is 280 g/mol. The van der Waals surface area contributed by atoms with Gasteiger partial charge in [-0.2, -0.15) is 0 Å². The van der Waals surface area contributed by atoms with Crippen molar-refractivity contribution in [2.24, 2.45) is 11.3 Å². The normalized spacial score (nSPS) is 38.0. The molecule has 20 heavy (non-hydrogen) atoms. The van der Waals surface area contributed by atoms with Crippen molar-refractivity contribution in [3.63, 3.8) is 0 Å². The SMILES string of the molecule is CC1(CNC2CCCCC2C2CCCN2)CCOCC1. The standard InChI is InChI=1S/C17H32N2O/c1-17(8-11-20-12-9-17)13-19-16-6-3-2-5-14(16)15-7-4-10-18-15/h14-16,18-19H,2-13H2,1H3. The Morgan fingerprint density at radius 3 is 2.65 bits per heavy atom. The van der Waals surface area contributed by atoms with E-state index in [0.717, 1.165) is 31.2 Å². The van der Waals surface area contributed by atoms with Gasteiger partial charge in [-0.25, -0.2) is 0 Å². The van der Waals surface area contributed by atoms with E-state index in [-0.39, 0.29) is 0 Å². The molecule has 3 unspecified atom stereocenters. The van der Waals surface area contributed by atoms with Gasteiger partial charge in [0.15, 0.2) is 0 Å². The van der Waals surface area contributed by atoms with Crippen LogP contribution in [0.25, 0.3) is 0 Å². The van der Waals surface area contributed by atoms with Crippen LogP contribution in [-0.4, -0.2) is 38.4 Å². The third kappa shape index (κ3) is 3.55. The van der Waals surface area contributed by atoms with Crippen molar-refractivity contribution in [1.82, 2.24) is 10.6 Å². The van der Waals surface area contributed by atoms with Crippen LogP contribution in [0.3, 0.4) is 0 Å². The van der Waals surface area contributed by atoms with E-state index in [4.69, 9.17) is 4.74 Å². The zero-order valence-corrected chi connectivity index (χ0v) is 13.1. The van der Waals surface area contributed by atoms with E-state index in [9.17, 15) is 0 Å². The minimum atomic E-state index is 0.462. The topological polar surface area (TPSA) is 33.3 Å². The second-order valence-corrected chi connectivity index (χ2v) is 7.56. The predicted molar refractivity (Wildman–Crippen MR) is 82.9 cm³/mol. The summed E-state index contributed by atoms with van der Waals surface area (Å²) >= 11 is 0. The first-order chi connectivity index (χ1) is 9.77. The van der Waals surface area contributed by atoms with Crippen LogP contribution < -0.4 is 10.6 Å². The Kier molecular flexibility index (Phi) is 5.00. The van der Waals surface area contributed by atoms with Gasteiger partial charge in [-0.05, 0) is 56.4 Å². The summed E-state index contributed by atoms with van der Waals surface area (Å²) in [5, 5.41) is 7.71. The molecule has 0 aromatic heterocycles. The molecule has 0 spiro atoms. The Labute approximate surface area is 124 Å². The van der Waals surface area contributed by atoms with Crippen LogP contribution in [0.1, 0.15) is 58.3 Å². The summed E-state index contributed by atoms with van der Waals surface area (Å²) < 4.78 is 5.52. The van der Waals surface area contributed by atoms with Crippen LogP contribution in [0.15, 0.2) is 0 Å². The first kappa shape index (κ1) is 14.8. The van der Waals surface area contributed by atoms with E-state index >= 15 is 0 Å². The smallest absolute Gasteiger partial charge is 0.0471 e. The zero-order chi connectivity index (χ0) is 13.8. The average Bonchev–Trinajstić information content (AvgIpc) is 3.00. The first-order valence-electron chi connectivity index (χ1n) is 8.81. The highest BCUT2D eigenvalue weighted by atomic mass is 16.5. The molecule has 2 heterocycles. The van der Waals surface area contributed by atoms with E-state index in [1.807, 2.05) is 0 Å². The molecule has 0 bridgehead atoms. The molecular weight excluding hydrogens is 248 g/mol.